The van der Waals surface area contributed by atoms with Crippen molar-refractivity contribution in [2.24, 2.45) is 5.10 Å². The third-order valence-electron chi connectivity index (χ3n) is 4.64. The van der Waals surface area contributed by atoms with Crippen molar-refractivity contribution in [1.29, 1.82) is 0 Å². The van der Waals surface area contributed by atoms with E-state index >= 15 is 0 Å². The Morgan fingerprint density at radius 1 is 1.11 bits per heavy atom. The van der Waals surface area contributed by atoms with Crippen molar-refractivity contribution < 1.29 is 14.3 Å². The van der Waals surface area contributed by atoms with Crippen molar-refractivity contribution >= 4 is 12.1 Å². The van der Waals surface area contributed by atoms with Gasteiger partial charge in [-0.15, -0.1) is 0 Å². The lowest BCUT2D eigenvalue weighted by Crippen LogP contribution is -2.38. The van der Waals surface area contributed by atoms with E-state index in [9.17, 15) is 4.79 Å². The van der Waals surface area contributed by atoms with Crippen LogP contribution in [-0.4, -0.2) is 43.8 Å². The van der Waals surface area contributed by atoms with Crippen LogP contribution in [0.2, 0.25) is 0 Å². The fourth-order valence-electron chi connectivity index (χ4n) is 3.15. The molecule has 2 aromatic carbocycles. The van der Waals surface area contributed by atoms with Gasteiger partial charge < -0.3 is 9.47 Å². The minimum absolute atomic E-state index is 0.0899. The van der Waals surface area contributed by atoms with Gasteiger partial charge in [0, 0.05) is 0 Å². The van der Waals surface area contributed by atoms with Crippen molar-refractivity contribution in [3.63, 3.8) is 0 Å². The van der Waals surface area contributed by atoms with Crippen LogP contribution in [0.25, 0.3) is 0 Å². The zero-order valence-corrected chi connectivity index (χ0v) is 16.3. The molecule has 0 atom stereocenters. The molecule has 2 aromatic rings. The van der Waals surface area contributed by atoms with Gasteiger partial charge in [0.05, 0.1) is 19.9 Å². The highest BCUT2D eigenvalue weighted by Crippen LogP contribution is 2.28. The van der Waals surface area contributed by atoms with Gasteiger partial charge in [0.2, 0.25) is 0 Å². The maximum atomic E-state index is 12.0. The Balaban J connectivity index is 1.52. The molecule has 28 heavy (non-hydrogen) atoms. The molecule has 1 fully saturated rings. The number of ether oxygens (including phenoxy) is 2. The maximum Gasteiger partial charge on any atom is 0.254 e. The van der Waals surface area contributed by atoms with Crippen LogP contribution in [0.4, 0.5) is 0 Å². The average Bonchev–Trinajstić information content (AvgIpc) is 2.74. The van der Waals surface area contributed by atoms with E-state index in [1.165, 1.54) is 6.42 Å². The molecule has 1 saturated heterocycles. The molecule has 6 nitrogen and oxygen atoms in total. The number of nitrogens with one attached hydrogen (secondary N) is 1. The number of rotatable bonds is 8. The normalized spacial score (nSPS) is 14.8. The molecule has 6 heteroatoms. The molecule has 0 spiro atoms. The first-order valence-electron chi connectivity index (χ1n) is 9.63. The molecule has 148 valence electrons. The topological polar surface area (TPSA) is 63.2 Å². The van der Waals surface area contributed by atoms with Gasteiger partial charge in [0.25, 0.3) is 5.91 Å². The molecule has 1 aliphatic rings. The largest absolute Gasteiger partial charge is 0.493 e. The second kappa shape index (κ2) is 10.5. The van der Waals surface area contributed by atoms with Gasteiger partial charge in [-0.05, 0) is 55.3 Å². The standard InChI is InChI=1S/C22H27N3O3/c1-27-21-14-19(10-11-20(21)28-17-18-8-4-2-5-9-18)15-23-24-22(26)16-25-12-6-3-7-13-25/h2,4-5,8-11,14-15H,3,6-7,12-13,16-17H2,1H3,(H,24,26). The van der Waals surface area contributed by atoms with Crippen LogP contribution in [0.3, 0.4) is 0 Å². The lowest BCUT2D eigenvalue weighted by atomic mass is 10.1. The van der Waals surface area contributed by atoms with E-state index < -0.39 is 0 Å². The highest BCUT2D eigenvalue weighted by molar-refractivity contribution is 5.83. The number of methoxy groups -OCH3 is 1. The molecular formula is C22H27N3O3. The minimum Gasteiger partial charge on any atom is -0.493 e. The van der Waals surface area contributed by atoms with Gasteiger partial charge in [-0.1, -0.05) is 36.8 Å². The Hall–Kier alpha value is -2.86. The number of piperidine rings is 1. The number of amides is 1. The van der Waals surface area contributed by atoms with Gasteiger partial charge in [0.1, 0.15) is 6.61 Å². The second-order valence-electron chi connectivity index (χ2n) is 6.81. The number of carbonyl (C=O) groups is 1. The molecule has 0 unspecified atom stereocenters. The molecular weight excluding hydrogens is 354 g/mol. The lowest BCUT2D eigenvalue weighted by molar-refractivity contribution is -0.122. The maximum absolute atomic E-state index is 12.0. The van der Waals surface area contributed by atoms with E-state index in [1.807, 2.05) is 48.5 Å². The van der Waals surface area contributed by atoms with Crippen molar-refractivity contribution in [1.82, 2.24) is 10.3 Å². The second-order valence-corrected chi connectivity index (χ2v) is 6.81. The fraction of sp³-hybridized carbons (Fsp3) is 0.364. The molecule has 3 rings (SSSR count). The summed E-state index contributed by atoms with van der Waals surface area (Å²) in [7, 11) is 1.60. The fourth-order valence-corrected chi connectivity index (χ4v) is 3.15. The molecule has 1 amide bonds. The number of carbonyl (C=O) groups excluding carboxylic acids is 1. The van der Waals surface area contributed by atoms with E-state index in [-0.39, 0.29) is 5.91 Å². The first-order valence-corrected chi connectivity index (χ1v) is 9.63. The van der Waals surface area contributed by atoms with E-state index in [4.69, 9.17) is 9.47 Å². The van der Waals surface area contributed by atoms with Gasteiger partial charge in [-0.3, -0.25) is 9.69 Å². The molecule has 0 aliphatic carbocycles. The number of hydrogen-bond donors (Lipinski definition) is 1. The summed E-state index contributed by atoms with van der Waals surface area (Å²) in [6.07, 6.45) is 5.19. The van der Waals surface area contributed by atoms with Crippen LogP contribution in [0.15, 0.2) is 53.6 Å². The third-order valence-corrected chi connectivity index (χ3v) is 4.64. The van der Waals surface area contributed by atoms with Crippen LogP contribution in [0.5, 0.6) is 11.5 Å². The summed E-state index contributed by atoms with van der Waals surface area (Å²) in [5.74, 6) is 1.20. The van der Waals surface area contributed by atoms with E-state index in [0.29, 0.717) is 24.7 Å². The highest BCUT2D eigenvalue weighted by Gasteiger charge is 2.13. The van der Waals surface area contributed by atoms with Crippen molar-refractivity contribution in [2.45, 2.75) is 25.9 Å². The van der Waals surface area contributed by atoms with Crippen LogP contribution in [0, 0.1) is 0 Å². The number of hydrazone groups is 1. The first-order chi connectivity index (χ1) is 13.7. The monoisotopic (exact) mass is 381 g/mol. The zero-order chi connectivity index (χ0) is 19.6. The Kier molecular flexibility index (Phi) is 7.44. The van der Waals surface area contributed by atoms with E-state index in [1.54, 1.807) is 13.3 Å². The molecule has 1 heterocycles. The highest BCUT2D eigenvalue weighted by atomic mass is 16.5. The first kappa shape index (κ1) is 19.9. The number of likely N-dealkylation sites (tertiary alicyclic amines) is 1. The summed E-state index contributed by atoms with van der Waals surface area (Å²) >= 11 is 0. The summed E-state index contributed by atoms with van der Waals surface area (Å²) in [6.45, 7) is 2.83. The lowest BCUT2D eigenvalue weighted by Gasteiger charge is -2.25. The van der Waals surface area contributed by atoms with E-state index in [2.05, 4.69) is 15.4 Å². The summed E-state index contributed by atoms with van der Waals surface area (Å²) < 4.78 is 11.3. The molecule has 0 aromatic heterocycles. The predicted octanol–water partition coefficient (Wildman–Crippen LogP) is 3.21. The van der Waals surface area contributed by atoms with Gasteiger partial charge in [-0.2, -0.15) is 5.10 Å². The molecule has 1 N–H and O–H groups in total. The van der Waals surface area contributed by atoms with Crippen molar-refractivity contribution in [3.8, 4) is 11.5 Å². The number of benzene rings is 2. The molecule has 0 saturated carbocycles. The van der Waals surface area contributed by atoms with Crippen LogP contribution in [0.1, 0.15) is 30.4 Å². The third kappa shape index (κ3) is 6.09. The Bertz CT molecular complexity index is 787. The summed E-state index contributed by atoms with van der Waals surface area (Å²) in [5, 5.41) is 4.06. The van der Waals surface area contributed by atoms with Crippen molar-refractivity contribution in [3.05, 3.63) is 59.7 Å². The van der Waals surface area contributed by atoms with Gasteiger partial charge in [0.15, 0.2) is 11.5 Å². The molecule has 0 radical (unpaired) electrons. The number of nitrogens with zero attached hydrogens (tertiary/aromatic N) is 2. The summed E-state index contributed by atoms with van der Waals surface area (Å²) in [6, 6.07) is 15.5. The average molecular weight is 381 g/mol. The zero-order valence-electron chi connectivity index (χ0n) is 16.3. The van der Waals surface area contributed by atoms with Crippen molar-refractivity contribution in [2.75, 3.05) is 26.7 Å². The summed E-state index contributed by atoms with van der Waals surface area (Å²) in [5.41, 5.74) is 4.50. The quantitative estimate of drug-likeness (QED) is 0.563. The summed E-state index contributed by atoms with van der Waals surface area (Å²) in [4.78, 5) is 14.2. The van der Waals surface area contributed by atoms with Crippen LogP contribution >= 0.6 is 0 Å². The Labute approximate surface area is 166 Å². The Morgan fingerprint density at radius 3 is 2.64 bits per heavy atom. The minimum atomic E-state index is -0.0899. The SMILES string of the molecule is COc1cc(C=NNC(=O)CN2CCCCC2)ccc1OCc1ccccc1. The number of hydrogen-bond acceptors (Lipinski definition) is 5. The Morgan fingerprint density at radius 2 is 1.89 bits per heavy atom. The van der Waals surface area contributed by atoms with Gasteiger partial charge >= 0.3 is 0 Å². The van der Waals surface area contributed by atoms with E-state index in [0.717, 1.165) is 37.1 Å². The molecule has 0 bridgehead atoms. The smallest absolute Gasteiger partial charge is 0.254 e. The molecule has 1 aliphatic heterocycles. The van der Waals surface area contributed by atoms with Crippen LogP contribution in [-0.2, 0) is 11.4 Å². The van der Waals surface area contributed by atoms with Crippen LogP contribution < -0.4 is 14.9 Å². The predicted molar refractivity (Wildman–Crippen MR) is 110 cm³/mol. The van der Waals surface area contributed by atoms with Gasteiger partial charge in [-0.25, -0.2) is 5.43 Å².